The van der Waals surface area contributed by atoms with Crippen LogP contribution in [0.15, 0.2) is 17.6 Å². The lowest BCUT2D eigenvalue weighted by Gasteiger charge is -2.11. The first-order valence-corrected chi connectivity index (χ1v) is 7.06. The molecule has 0 spiro atoms. The van der Waals surface area contributed by atoms with E-state index >= 15 is 0 Å². The molecule has 1 aromatic rings. The smallest absolute Gasteiger partial charge is 0.259 e. The van der Waals surface area contributed by atoms with Crippen molar-refractivity contribution in [2.24, 2.45) is 5.73 Å². The molecule has 0 aliphatic carbocycles. The molecule has 0 aliphatic rings. The normalized spacial score (nSPS) is 13.5. The number of aromatic nitrogens is 2. The predicted octanol–water partition coefficient (Wildman–Crippen LogP) is 0.246. The molecule has 0 aliphatic heterocycles. The number of aryl methyl sites for hydroxylation is 1. The molecule has 0 amide bonds. The number of nitrogens with zero attached hydrogens (tertiary/aromatic N) is 2. The van der Waals surface area contributed by atoms with Crippen molar-refractivity contribution in [3.63, 3.8) is 0 Å². The minimum absolute atomic E-state index is 0.00846. The van der Waals surface area contributed by atoms with Gasteiger partial charge in [-0.1, -0.05) is 12.2 Å². The van der Waals surface area contributed by atoms with E-state index < -0.39 is 10.0 Å². The van der Waals surface area contributed by atoms with Crippen molar-refractivity contribution >= 4 is 27.2 Å². The summed E-state index contributed by atoms with van der Waals surface area (Å²) in [6.07, 6.45) is 3.28. The quantitative estimate of drug-likeness (QED) is 0.727. The van der Waals surface area contributed by atoms with Gasteiger partial charge in [-0.3, -0.25) is 0 Å². The van der Waals surface area contributed by atoms with Crippen LogP contribution in [0.4, 0.5) is 0 Å². The first-order valence-electron chi connectivity index (χ1n) is 5.17. The van der Waals surface area contributed by atoms with Crippen LogP contribution in [0.1, 0.15) is 20.3 Å². The highest BCUT2D eigenvalue weighted by Gasteiger charge is 2.20. The molecule has 1 atom stereocenters. The van der Waals surface area contributed by atoms with Gasteiger partial charge in [-0.15, -0.1) is 0 Å². The van der Waals surface area contributed by atoms with Gasteiger partial charge in [0.2, 0.25) is 0 Å². The van der Waals surface area contributed by atoms with Crippen molar-refractivity contribution in [3.8, 4) is 0 Å². The van der Waals surface area contributed by atoms with Gasteiger partial charge in [0.1, 0.15) is 0 Å². The average Bonchev–Trinajstić information content (AvgIpc) is 2.63. The van der Waals surface area contributed by atoms with E-state index in [1.165, 1.54) is 12.5 Å². The van der Waals surface area contributed by atoms with Gasteiger partial charge in [-0.25, -0.2) is 18.1 Å². The van der Waals surface area contributed by atoms with E-state index in [0.29, 0.717) is 13.0 Å². The summed E-state index contributed by atoms with van der Waals surface area (Å²) in [7, 11) is -3.59. The van der Waals surface area contributed by atoms with Crippen molar-refractivity contribution in [1.29, 1.82) is 0 Å². The molecule has 96 valence electrons. The zero-order valence-electron chi connectivity index (χ0n) is 9.75. The summed E-state index contributed by atoms with van der Waals surface area (Å²) in [4.78, 5) is 4.12. The van der Waals surface area contributed by atoms with Crippen molar-refractivity contribution in [2.75, 3.05) is 0 Å². The highest BCUT2D eigenvalue weighted by molar-refractivity contribution is 7.89. The molecule has 3 N–H and O–H groups in total. The van der Waals surface area contributed by atoms with Crippen molar-refractivity contribution < 1.29 is 8.42 Å². The van der Waals surface area contributed by atoms with Crippen molar-refractivity contribution in [2.45, 2.75) is 37.9 Å². The lowest BCUT2D eigenvalue weighted by atomic mass is 10.3. The second-order valence-electron chi connectivity index (χ2n) is 3.74. The number of hydrogen-bond donors (Lipinski definition) is 2. The molecule has 0 saturated carbocycles. The summed E-state index contributed by atoms with van der Waals surface area (Å²) in [5.74, 6) is 0. The predicted molar refractivity (Wildman–Crippen MR) is 69.1 cm³/mol. The van der Waals surface area contributed by atoms with Gasteiger partial charge in [-0.2, -0.15) is 0 Å². The van der Waals surface area contributed by atoms with Gasteiger partial charge in [0.05, 0.1) is 11.3 Å². The SMILES string of the molecule is CCn1cnc(S(=O)(=O)NC(C)CC(N)=S)c1. The fourth-order valence-corrected chi connectivity index (χ4v) is 2.76. The van der Waals surface area contributed by atoms with Gasteiger partial charge in [0, 0.05) is 25.2 Å². The Bertz CT molecular complexity index is 495. The minimum Gasteiger partial charge on any atom is -0.393 e. The number of hydrogen-bond acceptors (Lipinski definition) is 4. The third-order valence-corrected chi connectivity index (χ3v) is 3.75. The second-order valence-corrected chi connectivity index (χ2v) is 5.92. The maximum Gasteiger partial charge on any atom is 0.259 e. The molecule has 8 heteroatoms. The molecule has 6 nitrogen and oxygen atoms in total. The highest BCUT2D eigenvalue weighted by Crippen LogP contribution is 2.07. The van der Waals surface area contributed by atoms with Crippen LogP contribution >= 0.6 is 12.2 Å². The summed E-state index contributed by atoms with van der Waals surface area (Å²) in [6.45, 7) is 4.28. The molecular formula is C9H16N4O2S2. The van der Waals surface area contributed by atoms with Crippen LogP contribution in [0.3, 0.4) is 0 Å². The zero-order valence-corrected chi connectivity index (χ0v) is 11.4. The third-order valence-electron chi connectivity index (χ3n) is 2.11. The fraction of sp³-hybridized carbons (Fsp3) is 0.556. The molecule has 17 heavy (non-hydrogen) atoms. The van der Waals surface area contributed by atoms with Crippen LogP contribution in [-0.2, 0) is 16.6 Å². The van der Waals surface area contributed by atoms with Gasteiger partial charge in [-0.05, 0) is 13.8 Å². The third kappa shape index (κ3) is 4.06. The van der Waals surface area contributed by atoms with E-state index in [-0.39, 0.29) is 16.1 Å². The van der Waals surface area contributed by atoms with E-state index in [1.807, 2.05) is 6.92 Å². The number of imidazole rings is 1. The fourth-order valence-electron chi connectivity index (χ4n) is 1.32. The van der Waals surface area contributed by atoms with E-state index in [4.69, 9.17) is 18.0 Å². The summed E-state index contributed by atoms with van der Waals surface area (Å²) < 4.78 is 27.9. The number of sulfonamides is 1. The standard InChI is InChI=1S/C9H16N4O2S2/c1-3-13-5-9(11-6-13)17(14,15)12-7(2)4-8(10)16/h5-7,12H,3-4H2,1-2H3,(H2,10,16). The van der Waals surface area contributed by atoms with Gasteiger partial charge in [0.25, 0.3) is 10.0 Å². The van der Waals surface area contributed by atoms with E-state index in [9.17, 15) is 8.42 Å². The lowest BCUT2D eigenvalue weighted by Crippen LogP contribution is -2.35. The van der Waals surface area contributed by atoms with Gasteiger partial charge in [0.15, 0.2) is 5.03 Å². The number of thiocarbonyl (C=S) groups is 1. The average molecular weight is 276 g/mol. The van der Waals surface area contributed by atoms with Gasteiger partial charge < -0.3 is 10.3 Å². The first kappa shape index (κ1) is 14.1. The van der Waals surface area contributed by atoms with Crippen LogP contribution in [0.2, 0.25) is 0 Å². The monoisotopic (exact) mass is 276 g/mol. The summed E-state index contributed by atoms with van der Waals surface area (Å²) >= 11 is 4.72. The molecule has 0 bridgehead atoms. The Balaban J connectivity index is 2.78. The number of nitrogens with one attached hydrogen (secondary N) is 1. The minimum atomic E-state index is -3.59. The van der Waals surface area contributed by atoms with E-state index in [1.54, 1.807) is 11.5 Å². The van der Waals surface area contributed by atoms with Crippen LogP contribution in [0.5, 0.6) is 0 Å². The van der Waals surface area contributed by atoms with Crippen LogP contribution in [0, 0.1) is 0 Å². The first-order chi connectivity index (χ1) is 7.85. The Morgan fingerprint density at radius 3 is 2.82 bits per heavy atom. The maximum absolute atomic E-state index is 11.9. The van der Waals surface area contributed by atoms with Crippen LogP contribution < -0.4 is 10.5 Å². The Hall–Kier alpha value is -0.990. The number of rotatable bonds is 6. The number of nitrogens with two attached hydrogens (primary N) is 1. The summed E-state index contributed by atoms with van der Waals surface area (Å²) in [5, 5.41) is 0.00846. The van der Waals surface area contributed by atoms with Crippen LogP contribution in [0.25, 0.3) is 0 Å². The molecule has 1 unspecified atom stereocenters. The zero-order chi connectivity index (χ0) is 13.1. The topological polar surface area (TPSA) is 90.0 Å². The Kier molecular flexibility index (Phi) is 4.61. The molecule has 0 radical (unpaired) electrons. The summed E-state index contributed by atoms with van der Waals surface area (Å²) in [5.41, 5.74) is 5.35. The molecule has 0 saturated heterocycles. The van der Waals surface area contributed by atoms with Gasteiger partial charge >= 0.3 is 0 Å². The summed E-state index contributed by atoms with van der Waals surface area (Å²) in [6, 6.07) is -0.343. The molecule has 0 fully saturated rings. The molecule has 1 heterocycles. The molecule has 1 rings (SSSR count). The molecule has 1 aromatic heterocycles. The highest BCUT2D eigenvalue weighted by atomic mass is 32.2. The Morgan fingerprint density at radius 1 is 1.71 bits per heavy atom. The second kappa shape index (κ2) is 5.56. The van der Waals surface area contributed by atoms with E-state index in [0.717, 1.165) is 0 Å². The van der Waals surface area contributed by atoms with Crippen molar-refractivity contribution in [1.82, 2.24) is 14.3 Å². The Morgan fingerprint density at radius 2 is 2.35 bits per heavy atom. The Labute approximate surface area is 106 Å². The van der Waals surface area contributed by atoms with Crippen molar-refractivity contribution in [3.05, 3.63) is 12.5 Å². The largest absolute Gasteiger partial charge is 0.393 e. The molecule has 0 aromatic carbocycles. The lowest BCUT2D eigenvalue weighted by molar-refractivity contribution is 0.561. The molecular weight excluding hydrogens is 260 g/mol. The maximum atomic E-state index is 11.9. The van der Waals surface area contributed by atoms with E-state index in [2.05, 4.69) is 9.71 Å². The van der Waals surface area contributed by atoms with Crippen LogP contribution in [-0.4, -0.2) is 29.0 Å².